The van der Waals surface area contributed by atoms with Crippen molar-refractivity contribution in [1.29, 1.82) is 0 Å². The summed E-state index contributed by atoms with van der Waals surface area (Å²) in [7, 11) is 0. The first-order chi connectivity index (χ1) is 11.4. The molecule has 0 aliphatic heterocycles. The van der Waals surface area contributed by atoms with Gasteiger partial charge in [-0.1, -0.05) is 23.7 Å². The van der Waals surface area contributed by atoms with Crippen LogP contribution in [0.3, 0.4) is 0 Å². The maximum atomic E-state index is 12.8. The molecule has 2 aromatic carbocycles. The van der Waals surface area contributed by atoms with Gasteiger partial charge in [0.15, 0.2) is 0 Å². The van der Waals surface area contributed by atoms with E-state index in [0.717, 1.165) is 14.7 Å². The molecule has 0 radical (unpaired) electrons. The number of nitrogens with zero attached hydrogens (tertiary/aromatic N) is 2. The molecule has 0 fully saturated rings. The quantitative estimate of drug-likeness (QED) is 0.783. The standard InChI is InChI=1S/C17H14ClN3O3/c1-10-3-2-4-12(7-10)21-16(23)13-6-5-11(18)8-14(13)20(17(21)24)9-15(19)22/h2-8H,9H2,1H3,(H2,19,22). The molecule has 1 heterocycles. The molecule has 0 atom stereocenters. The molecule has 7 heteroatoms. The average molecular weight is 344 g/mol. The van der Waals surface area contributed by atoms with Crippen molar-refractivity contribution in [2.75, 3.05) is 0 Å². The second-order valence-corrected chi connectivity index (χ2v) is 5.91. The summed E-state index contributed by atoms with van der Waals surface area (Å²) in [6, 6.07) is 11.6. The Morgan fingerprint density at radius 2 is 1.92 bits per heavy atom. The molecule has 0 aliphatic rings. The lowest BCUT2D eigenvalue weighted by Gasteiger charge is -2.13. The average Bonchev–Trinajstić information content (AvgIpc) is 2.51. The zero-order valence-electron chi connectivity index (χ0n) is 12.8. The first-order valence-corrected chi connectivity index (χ1v) is 7.57. The number of halogens is 1. The van der Waals surface area contributed by atoms with Crippen molar-refractivity contribution < 1.29 is 4.79 Å². The Balaban J connectivity index is 2.47. The van der Waals surface area contributed by atoms with Crippen molar-refractivity contribution in [3.8, 4) is 5.69 Å². The van der Waals surface area contributed by atoms with Gasteiger partial charge < -0.3 is 5.73 Å². The zero-order valence-corrected chi connectivity index (χ0v) is 13.6. The fourth-order valence-electron chi connectivity index (χ4n) is 2.64. The number of fused-ring (bicyclic) bond motifs is 1. The third kappa shape index (κ3) is 2.72. The van der Waals surface area contributed by atoms with Crippen LogP contribution >= 0.6 is 11.6 Å². The number of rotatable bonds is 3. The summed E-state index contributed by atoms with van der Waals surface area (Å²) in [5.41, 5.74) is 5.75. The van der Waals surface area contributed by atoms with E-state index in [2.05, 4.69) is 0 Å². The lowest BCUT2D eigenvalue weighted by molar-refractivity contribution is -0.118. The number of amides is 1. The Morgan fingerprint density at radius 1 is 1.17 bits per heavy atom. The number of benzene rings is 2. The molecule has 24 heavy (non-hydrogen) atoms. The van der Waals surface area contributed by atoms with E-state index in [0.29, 0.717) is 10.7 Å². The van der Waals surface area contributed by atoms with Crippen LogP contribution in [0.4, 0.5) is 0 Å². The number of hydrogen-bond acceptors (Lipinski definition) is 3. The molecule has 0 spiro atoms. The lowest BCUT2D eigenvalue weighted by Crippen LogP contribution is -2.41. The van der Waals surface area contributed by atoms with Gasteiger partial charge in [0, 0.05) is 5.02 Å². The van der Waals surface area contributed by atoms with E-state index in [1.54, 1.807) is 24.3 Å². The van der Waals surface area contributed by atoms with E-state index in [-0.39, 0.29) is 17.4 Å². The predicted octanol–water partition coefficient (Wildman–Crippen LogP) is 1.60. The Labute approximate surface area is 141 Å². The molecule has 1 aromatic heterocycles. The van der Waals surface area contributed by atoms with E-state index in [4.69, 9.17) is 17.3 Å². The molecule has 0 saturated carbocycles. The summed E-state index contributed by atoms with van der Waals surface area (Å²) in [5, 5.41) is 0.634. The topological polar surface area (TPSA) is 87.1 Å². The number of nitrogens with two attached hydrogens (primary N) is 1. The molecule has 0 aliphatic carbocycles. The van der Waals surface area contributed by atoms with Gasteiger partial charge in [-0.25, -0.2) is 9.36 Å². The summed E-state index contributed by atoms with van der Waals surface area (Å²) in [5.74, 6) is -0.687. The first kappa shape index (κ1) is 16.0. The minimum absolute atomic E-state index is 0.278. The van der Waals surface area contributed by atoms with E-state index in [1.807, 2.05) is 13.0 Å². The normalized spacial score (nSPS) is 10.9. The molecule has 0 bridgehead atoms. The highest BCUT2D eigenvalue weighted by Crippen LogP contribution is 2.16. The van der Waals surface area contributed by atoms with Crippen molar-refractivity contribution in [3.63, 3.8) is 0 Å². The molecule has 1 amide bonds. The number of aryl methyl sites for hydroxylation is 1. The third-order valence-corrected chi connectivity index (χ3v) is 3.92. The maximum absolute atomic E-state index is 12.8. The van der Waals surface area contributed by atoms with Gasteiger partial charge in [-0.15, -0.1) is 0 Å². The number of hydrogen-bond donors (Lipinski definition) is 1. The first-order valence-electron chi connectivity index (χ1n) is 7.19. The van der Waals surface area contributed by atoms with Crippen molar-refractivity contribution in [2.24, 2.45) is 5.73 Å². The van der Waals surface area contributed by atoms with Crippen molar-refractivity contribution in [3.05, 3.63) is 73.9 Å². The molecule has 3 aromatic rings. The fraction of sp³-hybridized carbons (Fsp3) is 0.118. The summed E-state index contributed by atoms with van der Waals surface area (Å²) in [4.78, 5) is 37.0. The largest absolute Gasteiger partial charge is 0.368 e. The smallest absolute Gasteiger partial charge is 0.336 e. The Hall–Kier alpha value is -2.86. The van der Waals surface area contributed by atoms with Gasteiger partial charge in [-0.05, 0) is 42.8 Å². The molecule has 0 saturated heterocycles. The Morgan fingerprint density at radius 3 is 2.58 bits per heavy atom. The minimum atomic E-state index is -0.687. The summed E-state index contributed by atoms with van der Waals surface area (Å²) < 4.78 is 2.19. The second kappa shape index (κ2) is 5.98. The third-order valence-electron chi connectivity index (χ3n) is 3.68. The van der Waals surface area contributed by atoms with Crippen LogP contribution in [0.5, 0.6) is 0 Å². The summed E-state index contributed by atoms with van der Waals surface area (Å²) in [6.07, 6.45) is 0. The molecular formula is C17H14ClN3O3. The lowest BCUT2D eigenvalue weighted by atomic mass is 10.2. The fourth-order valence-corrected chi connectivity index (χ4v) is 2.81. The van der Waals surface area contributed by atoms with Gasteiger partial charge in [0.05, 0.1) is 16.6 Å². The zero-order chi connectivity index (χ0) is 17.4. The van der Waals surface area contributed by atoms with E-state index in [9.17, 15) is 14.4 Å². The van der Waals surface area contributed by atoms with Crippen LogP contribution in [0, 0.1) is 6.92 Å². The van der Waals surface area contributed by atoms with Crippen LogP contribution < -0.4 is 17.0 Å². The highest BCUT2D eigenvalue weighted by Gasteiger charge is 2.16. The maximum Gasteiger partial charge on any atom is 0.336 e. The summed E-state index contributed by atoms with van der Waals surface area (Å²) in [6.45, 7) is 1.51. The van der Waals surface area contributed by atoms with Crippen LogP contribution in [-0.4, -0.2) is 15.0 Å². The molecule has 0 unspecified atom stereocenters. The van der Waals surface area contributed by atoms with Gasteiger partial charge in [0.1, 0.15) is 6.54 Å². The Kier molecular flexibility index (Phi) is 3.99. The van der Waals surface area contributed by atoms with E-state index >= 15 is 0 Å². The van der Waals surface area contributed by atoms with Crippen molar-refractivity contribution in [2.45, 2.75) is 13.5 Å². The number of primary amides is 1. The SMILES string of the molecule is Cc1cccc(-n2c(=O)c3ccc(Cl)cc3n(CC(N)=O)c2=O)c1. The van der Waals surface area contributed by atoms with Gasteiger partial charge in [-0.2, -0.15) is 0 Å². The van der Waals surface area contributed by atoms with E-state index < -0.39 is 17.2 Å². The highest BCUT2D eigenvalue weighted by molar-refractivity contribution is 6.31. The number of carbonyl (C=O) groups excluding carboxylic acids is 1. The van der Waals surface area contributed by atoms with Gasteiger partial charge >= 0.3 is 5.69 Å². The van der Waals surface area contributed by atoms with Gasteiger partial charge in [0.25, 0.3) is 5.56 Å². The van der Waals surface area contributed by atoms with Crippen molar-refractivity contribution >= 4 is 28.4 Å². The van der Waals surface area contributed by atoms with E-state index in [1.165, 1.54) is 12.1 Å². The molecule has 3 rings (SSSR count). The summed E-state index contributed by atoms with van der Waals surface area (Å²) >= 11 is 5.97. The van der Waals surface area contributed by atoms with Gasteiger partial charge in [0.2, 0.25) is 5.91 Å². The van der Waals surface area contributed by atoms with Crippen molar-refractivity contribution in [1.82, 2.24) is 9.13 Å². The second-order valence-electron chi connectivity index (χ2n) is 5.48. The van der Waals surface area contributed by atoms with Crippen LogP contribution in [0.25, 0.3) is 16.6 Å². The minimum Gasteiger partial charge on any atom is -0.368 e. The van der Waals surface area contributed by atoms with Crippen LogP contribution in [-0.2, 0) is 11.3 Å². The molecule has 122 valence electrons. The Bertz CT molecular complexity index is 1080. The predicted molar refractivity (Wildman–Crippen MR) is 92.7 cm³/mol. The number of aromatic nitrogens is 2. The molecule has 6 nitrogen and oxygen atoms in total. The van der Waals surface area contributed by atoms with Crippen LogP contribution in [0.2, 0.25) is 5.02 Å². The molecule has 2 N–H and O–H groups in total. The number of carbonyl (C=O) groups is 1. The van der Waals surface area contributed by atoms with Crippen LogP contribution in [0.15, 0.2) is 52.1 Å². The monoisotopic (exact) mass is 343 g/mol. The van der Waals surface area contributed by atoms with Gasteiger partial charge in [-0.3, -0.25) is 14.2 Å². The molecular weight excluding hydrogens is 330 g/mol. The highest BCUT2D eigenvalue weighted by atomic mass is 35.5. The van der Waals surface area contributed by atoms with Crippen LogP contribution in [0.1, 0.15) is 5.56 Å².